The van der Waals surface area contributed by atoms with E-state index in [1.54, 1.807) is 36.3 Å². The molecule has 2 aliphatic rings. The molecule has 3 N–H and O–H groups in total. The largest absolute Gasteiger partial charge is 0.507 e. The van der Waals surface area contributed by atoms with Crippen LogP contribution in [-0.2, 0) is 4.74 Å². The number of hydrogen-bond donors (Lipinski definition) is 3. The summed E-state index contributed by atoms with van der Waals surface area (Å²) in [7, 11) is 3.49. The van der Waals surface area contributed by atoms with E-state index in [-0.39, 0.29) is 34.3 Å². The van der Waals surface area contributed by atoms with Crippen LogP contribution in [0, 0.1) is 0 Å². The van der Waals surface area contributed by atoms with E-state index in [0.717, 1.165) is 25.8 Å². The van der Waals surface area contributed by atoms with Crippen LogP contribution in [0.2, 0.25) is 5.02 Å². The summed E-state index contributed by atoms with van der Waals surface area (Å²) < 4.78 is 17.6. The number of carbonyl (C=O) groups excluding carboxylic acids is 1. The third kappa shape index (κ3) is 6.58. The highest BCUT2D eigenvalue weighted by atomic mass is 35.5. The van der Waals surface area contributed by atoms with Crippen molar-refractivity contribution in [2.45, 2.75) is 43.7 Å². The number of aliphatic hydroxyl groups excluding tert-OH is 1. The van der Waals surface area contributed by atoms with Gasteiger partial charge in [0.1, 0.15) is 28.2 Å². The first-order valence-corrected chi connectivity index (χ1v) is 14.8. The van der Waals surface area contributed by atoms with Gasteiger partial charge in [0.15, 0.2) is 5.43 Å². The van der Waals surface area contributed by atoms with Crippen LogP contribution >= 0.6 is 11.6 Å². The molecule has 10 nitrogen and oxygen atoms in total. The number of β-amino-alcohol motifs (C(OH)–C–C–N with tert-alkyl or cyclic N) is 1. The summed E-state index contributed by atoms with van der Waals surface area (Å²) in [6.07, 6.45) is 2.18. The molecule has 2 aromatic carbocycles. The van der Waals surface area contributed by atoms with Crippen LogP contribution in [0.3, 0.4) is 0 Å². The molecule has 0 aliphatic carbocycles. The molecular formula is C31H38ClN3O7. The Morgan fingerprint density at radius 1 is 1.24 bits per heavy atom. The molecule has 1 amide bonds. The molecule has 5 rings (SSSR count). The number of rotatable bonds is 8. The molecule has 0 saturated carbocycles. The Morgan fingerprint density at radius 2 is 2.05 bits per heavy atom. The summed E-state index contributed by atoms with van der Waals surface area (Å²) in [4.78, 5) is 30.6. The number of aromatic hydroxyl groups is 1. The van der Waals surface area contributed by atoms with Crippen molar-refractivity contribution in [2.75, 3.05) is 53.5 Å². The lowest BCUT2D eigenvalue weighted by atomic mass is 9.85. The van der Waals surface area contributed by atoms with Crippen molar-refractivity contribution >= 4 is 28.7 Å². The maximum absolute atomic E-state index is 13.7. The number of likely N-dealkylation sites (N-methyl/N-ethyl adjacent to an activating group) is 1. The number of methoxy groups -OCH3 is 1. The number of phenols is 1. The van der Waals surface area contributed by atoms with E-state index in [9.17, 15) is 19.8 Å². The number of carbonyl (C=O) groups is 1. The molecule has 0 radical (unpaired) electrons. The van der Waals surface area contributed by atoms with Crippen LogP contribution in [0.25, 0.3) is 22.3 Å². The standard InChI is InChI=1S/C31H38ClN3O7/c1-34-12-10-21(25(38)18-34)28-27(42-31(39)35(13-14-40-2)17-19-7-5-6-11-33-19)16-24(37)29-23(36)15-26(41-30(28)29)20-8-3-4-9-22(20)32/h3-4,8-9,15-16,19,21,25,33,37-38H,5-7,10-14,17-18H2,1-2H3/t19?,21-,25+/m0/s1. The Hall–Kier alpha value is -3.15. The van der Waals surface area contributed by atoms with E-state index in [1.165, 1.54) is 12.1 Å². The van der Waals surface area contributed by atoms with Gasteiger partial charge in [-0.3, -0.25) is 4.79 Å². The van der Waals surface area contributed by atoms with Crippen molar-refractivity contribution in [1.29, 1.82) is 0 Å². The third-order valence-corrected chi connectivity index (χ3v) is 8.48. The summed E-state index contributed by atoms with van der Waals surface area (Å²) in [5.41, 5.74) is 0.451. The van der Waals surface area contributed by atoms with Crippen LogP contribution in [0.5, 0.6) is 11.5 Å². The Kier molecular flexibility index (Phi) is 9.70. The summed E-state index contributed by atoms with van der Waals surface area (Å²) in [6, 6.07) is 9.65. The highest BCUT2D eigenvalue weighted by Crippen LogP contribution is 2.43. The second kappa shape index (κ2) is 13.4. The Morgan fingerprint density at radius 3 is 2.76 bits per heavy atom. The van der Waals surface area contributed by atoms with E-state index in [2.05, 4.69) is 5.32 Å². The van der Waals surface area contributed by atoms with Crippen LogP contribution in [0.4, 0.5) is 4.79 Å². The van der Waals surface area contributed by atoms with Crippen molar-refractivity contribution in [3.05, 3.63) is 57.2 Å². The summed E-state index contributed by atoms with van der Waals surface area (Å²) in [6.45, 7) is 2.99. The number of fused-ring (bicyclic) bond motifs is 1. The van der Waals surface area contributed by atoms with E-state index in [0.29, 0.717) is 55.4 Å². The first kappa shape index (κ1) is 30.3. The van der Waals surface area contributed by atoms with Crippen molar-refractivity contribution in [2.24, 2.45) is 0 Å². The zero-order chi connectivity index (χ0) is 29.8. The zero-order valence-corrected chi connectivity index (χ0v) is 24.7. The van der Waals surface area contributed by atoms with Crippen LogP contribution in [-0.4, -0.2) is 91.7 Å². The van der Waals surface area contributed by atoms with E-state index >= 15 is 0 Å². The van der Waals surface area contributed by atoms with Crippen molar-refractivity contribution in [1.82, 2.24) is 15.1 Å². The van der Waals surface area contributed by atoms with Gasteiger partial charge in [-0.2, -0.15) is 0 Å². The van der Waals surface area contributed by atoms with Gasteiger partial charge < -0.3 is 39.2 Å². The number of ether oxygens (including phenoxy) is 2. The second-order valence-corrected chi connectivity index (χ2v) is 11.6. The minimum absolute atomic E-state index is 0.0390. The molecule has 0 spiro atoms. The third-order valence-electron chi connectivity index (χ3n) is 8.15. The maximum Gasteiger partial charge on any atom is 0.415 e. The fraction of sp³-hybridized carbons (Fsp3) is 0.484. The van der Waals surface area contributed by atoms with Gasteiger partial charge in [0.05, 0.1) is 17.7 Å². The van der Waals surface area contributed by atoms with Gasteiger partial charge in [-0.15, -0.1) is 0 Å². The number of likely N-dealkylation sites (tertiary alicyclic amines) is 1. The fourth-order valence-electron chi connectivity index (χ4n) is 5.93. The maximum atomic E-state index is 13.7. The predicted molar refractivity (Wildman–Crippen MR) is 161 cm³/mol. The topological polar surface area (TPSA) is 125 Å². The minimum atomic E-state index is -0.834. The minimum Gasteiger partial charge on any atom is -0.507 e. The number of piperidine rings is 2. The number of aliphatic hydroxyl groups is 1. The number of halogens is 1. The van der Waals surface area contributed by atoms with Crippen LogP contribution in [0.1, 0.15) is 37.2 Å². The lowest BCUT2D eigenvalue weighted by Gasteiger charge is -2.35. The van der Waals surface area contributed by atoms with Gasteiger partial charge in [-0.05, 0) is 51.5 Å². The number of nitrogens with zero attached hydrogens (tertiary/aromatic N) is 2. The number of amides is 1. The normalized spacial score (nSPS) is 21.4. The molecule has 2 aliphatic heterocycles. The van der Waals surface area contributed by atoms with Gasteiger partial charge in [0.25, 0.3) is 0 Å². The van der Waals surface area contributed by atoms with E-state index in [4.69, 9.17) is 25.5 Å². The Balaban J connectivity index is 1.61. The lowest BCUT2D eigenvalue weighted by Crippen LogP contribution is -2.47. The molecule has 3 heterocycles. The molecule has 0 bridgehead atoms. The highest BCUT2D eigenvalue weighted by molar-refractivity contribution is 6.33. The van der Waals surface area contributed by atoms with Gasteiger partial charge >= 0.3 is 6.09 Å². The quantitative estimate of drug-likeness (QED) is 0.349. The Labute approximate surface area is 249 Å². The van der Waals surface area contributed by atoms with E-state index in [1.807, 2.05) is 11.9 Å². The summed E-state index contributed by atoms with van der Waals surface area (Å²) >= 11 is 6.43. The van der Waals surface area contributed by atoms with Gasteiger partial charge in [0.2, 0.25) is 0 Å². The number of nitrogens with one attached hydrogen (secondary N) is 1. The van der Waals surface area contributed by atoms with Gasteiger partial charge in [-0.1, -0.05) is 30.2 Å². The monoisotopic (exact) mass is 599 g/mol. The molecular weight excluding hydrogens is 562 g/mol. The fourth-order valence-corrected chi connectivity index (χ4v) is 6.16. The number of phenolic OH excluding ortho intramolecular Hbond substituents is 1. The molecule has 1 unspecified atom stereocenters. The Bertz CT molecular complexity index is 1470. The second-order valence-electron chi connectivity index (χ2n) is 11.1. The number of benzene rings is 2. The van der Waals surface area contributed by atoms with Crippen LogP contribution < -0.4 is 15.5 Å². The summed E-state index contributed by atoms with van der Waals surface area (Å²) in [5.74, 6) is -0.660. The molecule has 2 fully saturated rings. The number of hydrogen-bond acceptors (Lipinski definition) is 9. The average molecular weight is 600 g/mol. The van der Waals surface area contributed by atoms with Crippen molar-refractivity contribution < 1.29 is 28.9 Å². The SMILES string of the molecule is COCCN(CC1CCCCN1)C(=O)Oc1cc(O)c2c(=O)cc(-c3ccccc3Cl)oc2c1[C@H]1CCN(C)C[C@H]1O. The molecule has 226 valence electrons. The molecule has 3 aromatic rings. The molecule has 1 aromatic heterocycles. The smallest absolute Gasteiger partial charge is 0.415 e. The molecule has 2 saturated heterocycles. The highest BCUT2D eigenvalue weighted by Gasteiger charge is 2.35. The lowest BCUT2D eigenvalue weighted by molar-refractivity contribution is 0.0626. The first-order chi connectivity index (χ1) is 20.3. The van der Waals surface area contributed by atoms with E-state index < -0.39 is 23.5 Å². The molecule has 11 heteroatoms. The molecule has 42 heavy (non-hydrogen) atoms. The molecule has 3 atom stereocenters. The van der Waals surface area contributed by atoms with Gasteiger partial charge in [-0.25, -0.2) is 4.79 Å². The summed E-state index contributed by atoms with van der Waals surface area (Å²) in [5, 5.41) is 26.0. The predicted octanol–water partition coefficient (Wildman–Crippen LogP) is 4.19. The van der Waals surface area contributed by atoms with Gasteiger partial charge in [0, 0.05) is 62.0 Å². The first-order valence-electron chi connectivity index (χ1n) is 14.4. The van der Waals surface area contributed by atoms with Crippen LogP contribution in [0.15, 0.2) is 45.6 Å². The zero-order valence-electron chi connectivity index (χ0n) is 24.0. The van der Waals surface area contributed by atoms with Crippen molar-refractivity contribution in [3.8, 4) is 22.8 Å². The average Bonchev–Trinajstić information content (AvgIpc) is 2.96. The van der Waals surface area contributed by atoms with Crippen molar-refractivity contribution in [3.63, 3.8) is 0 Å².